The third kappa shape index (κ3) is 2.55. The van der Waals surface area contributed by atoms with Crippen molar-refractivity contribution in [3.05, 3.63) is 35.4 Å². The van der Waals surface area contributed by atoms with Gasteiger partial charge in [0.1, 0.15) is 0 Å². The van der Waals surface area contributed by atoms with Crippen LogP contribution in [0.1, 0.15) is 15.9 Å². The Balaban J connectivity index is 2.41. The summed E-state index contributed by atoms with van der Waals surface area (Å²) < 4.78 is 79.7. The predicted molar refractivity (Wildman–Crippen MR) is 60.0 cm³/mol. The zero-order valence-corrected chi connectivity index (χ0v) is 10.7. The summed E-state index contributed by atoms with van der Waals surface area (Å²) in [5, 5.41) is 0. The fourth-order valence-corrected chi connectivity index (χ4v) is 2.27. The summed E-state index contributed by atoms with van der Waals surface area (Å²) in [7, 11) is 0. The lowest BCUT2D eigenvalue weighted by Crippen LogP contribution is -2.51. The number of ether oxygens (including phenoxy) is 1. The molecule has 22 heavy (non-hydrogen) atoms. The SMILES string of the molecule is O=C(OCC(F)(F)F)C1(C(F)(F)F)Cc2ccccc2C1=O. The molecule has 0 heterocycles. The summed E-state index contributed by atoms with van der Waals surface area (Å²) >= 11 is 0. The molecule has 1 aromatic carbocycles. The fraction of sp³-hybridized carbons (Fsp3) is 0.385. The van der Waals surface area contributed by atoms with Crippen molar-refractivity contribution in [1.29, 1.82) is 0 Å². The van der Waals surface area contributed by atoms with Crippen LogP contribution in [-0.2, 0) is 16.0 Å². The van der Waals surface area contributed by atoms with E-state index >= 15 is 0 Å². The number of ketones is 1. The van der Waals surface area contributed by atoms with Crippen molar-refractivity contribution in [3.63, 3.8) is 0 Å². The Kier molecular flexibility index (Phi) is 3.70. The number of hydrogen-bond donors (Lipinski definition) is 0. The van der Waals surface area contributed by atoms with Crippen LogP contribution in [0.5, 0.6) is 0 Å². The summed E-state index contributed by atoms with van der Waals surface area (Å²) in [5.41, 5.74) is -4.03. The number of halogens is 6. The number of carbonyl (C=O) groups excluding carboxylic acids is 2. The van der Waals surface area contributed by atoms with Crippen molar-refractivity contribution < 1.29 is 40.7 Å². The minimum absolute atomic E-state index is 0.0613. The maximum atomic E-state index is 13.3. The number of esters is 1. The molecule has 0 saturated heterocycles. The van der Waals surface area contributed by atoms with Gasteiger partial charge in [-0.2, -0.15) is 26.3 Å². The number of benzene rings is 1. The first kappa shape index (κ1) is 16.3. The highest BCUT2D eigenvalue weighted by atomic mass is 19.4. The smallest absolute Gasteiger partial charge is 0.422 e. The van der Waals surface area contributed by atoms with E-state index in [9.17, 15) is 35.9 Å². The lowest BCUT2D eigenvalue weighted by Gasteiger charge is -2.27. The Bertz CT molecular complexity index is 619. The molecule has 0 aliphatic heterocycles. The number of carbonyl (C=O) groups is 2. The molecule has 0 saturated carbocycles. The van der Waals surface area contributed by atoms with Crippen LogP contribution >= 0.6 is 0 Å². The molecular formula is C13H8F6O3. The van der Waals surface area contributed by atoms with Crippen LogP contribution in [0, 0.1) is 5.41 Å². The Morgan fingerprint density at radius 3 is 2.23 bits per heavy atom. The minimum atomic E-state index is -5.37. The first-order valence-electron chi connectivity index (χ1n) is 5.92. The first-order valence-corrected chi connectivity index (χ1v) is 5.92. The highest BCUT2D eigenvalue weighted by molar-refractivity contribution is 6.16. The summed E-state index contributed by atoms with van der Waals surface area (Å²) in [6.45, 7) is -2.19. The molecule has 0 aromatic heterocycles. The van der Waals surface area contributed by atoms with Crippen molar-refractivity contribution >= 4 is 11.8 Å². The number of rotatable bonds is 2. The zero-order chi connectivity index (χ0) is 16.8. The molecule has 0 bridgehead atoms. The molecular weight excluding hydrogens is 318 g/mol. The van der Waals surface area contributed by atoms with Gasteiger partial charge in [-0.1, -0.05) is 24.3 Å². The average molecular weight is 326 g/mol. The van der Waals surface area contributed by atoms with Crippen LogP contribution < -0.4 is 0 Å². The van der Waals surface area contributed by atoms with Gasteiger partial charge in [0, 0.05) is 12.0 Å². The van der Waals surface area contributed by atoms with Crippen LogP contribution in [0.25, 0.3) is 0 Å². The van der Waals surface area contributed by atoms with E-state index in [1.54, 1.807) is 0 Å². The van der Waals surface area contributed by atoms with E-state index in [1.165, 1.54) is 18.2 Å². The van der Waals surface area contributed by atoms with Crippen molar-refractivity contribution in [2.75, 3.05) is 6.61 Å². The van der Waals surface area contributed by atoms with Crippen LogP contribution in [0.15, 0.2) is 24.3 Å². The Labute approximate surface area is 119 Å². The Morgan fingerprint density at radius 1 is 1.14 bits per heavy atom. The largest absolute Gasteiger partial charge is 0.455 e. The van der Waals surface area contributed by atoms with Gasteiger partial charge in [-0.3, -0.25) is 9.59 Å². The second-order valence-corrected chi connectivity index (χ2v) is 4.76. The molecule has 3 nitrogen and oxygen atoms in total. The molecule has 0 radical (unpaired) electrons. The number of Topliss-reactive ketones (excluding diaryl/α,β-unsaturated/α-hetero) is 1. The van der Waals surface area contributed by atoms with Gasteiger partial charge in [0.15, 0.2) is 12.4 Å². The summed E-state index contributed by atoms with van der Waals surface area (Å²) in [4.78, 5) is 23.7. The maximum absolute atomic E-state index is 13.3. The van der Waals surface area contributed by atoms with Crippen LogP contribution in [0.4, 0.5) is 26.3 Å². The summed E-state index contributed by atoms with van der Waals surface area (Å²) in [6, 6.07) is 4.95. The van der Waals surface area contributed by atoms with Gasteiger partial charge < -0.3 is 4.74 Å². The van der Waals surface area contributed by atoms with Gasteiger partial charge >= 0.3 is 18.3 Å². The Hall–Kier alpha value is -2.06. The van der Waals surface area contributed by atoms with Gasteiger partial charge in [-0.25, -0.2) is 0 Å². The predicted octanol–water partition coefficient (Wildman–Crippen LogP) is 3.08. The van der Waals surface area contributed by atoms with Gasteiger partial charge in [-0.05, 0) is 5.56 Å². The van der Waals surface area contributed by atoms with Crippen LogP contribution in [0.3, 0.4) is 0 Å². The van der Waals surface area contributed by atoms with E-state index in [-0.39, 0.29) is 11.1 Å². The van der Waals surface area contributed by atoms with Crippen molar-refractivity contribution in [3.8, 4) is 0 Å². The van der Waals surface area contributed by atoms with Gasteiger partial charge in [-0.15, -0.1) is 0 Å². The lowest BCUT2D eigenvalue weighted by atomic mass is 9.83. The van der Waals surface area contributed by atoms with Crippen LogP contribution in [-0.4, -0.2) is 30.7 Å². The first-order chi connectivity index (χ1) is 9.99. The molecule has 2 rings (SSSR count). The summed E-state index contributed by atoms with van der Waals surface area (Å²) in [6.07, 6.45) is -11.4. The molecule has 1 unspecified atom stereocenters. The standard InChI is InChI=1S/C13H8F6O3/c14-12(15,16)6-22-10(21)11(13(17,18)19)5-7-3-1-2-4-8(7)9(11)20/h1-4H,5-6H2. The zero-order valence-electron chi connectivity index (χ0n) is 10.7. The topological polar surface area (TPSA) is 43.4 Å². The van der Waals surface area contributed by atoms with E-state index in [0.29, 0.717) is 0 Å². The molecule has 1 aliphatic carbocycles. The molecule has 120 valence electrons. The van der Waals surface area contributed by atoms with E-state index < -0.39 is 42.5 Å². The molecule has 0 N–H and O–H groups in total. The van der Waals surface area contributed by atoms with Gasteiger partial charge in [0.05, 0.1) is 0 Å². The highest BCUT2D eigenvalue weighted by Gasteiger charge is 2.69. The third-order valence-electron chi connectivity index (χ3n) is 3.30. The van der Waals surface area contributed by atoms with Crippen molar-refractivity contribution in [2.45, 2.75) is 18.8 Å². The molecule has 9 heteroatoms. The molecule has 0 amide bonds. The van der Waals surface area contributed by atoms with E-state index in [2.05, 4.69) is 4.74 Å². The average Bonchev–Trinajstić information content (AvgIpc) is 2.70. The number of alkyl halides is 6. The normalized spacial score (nSPS) is 21.6. The van der Waals surface area contributed by atoms with E-state index in [4.69, 9.17) is 0 Å². The van der Waals surface area contributed by atoms with Crippen LogP contribution in [0.2, 0.25) is 0 Å². The van der Waals surface area contributed by atoms with Crippen molar-refractivity contribution in [1.82, 2.24) is 0 Å². The van der Waals surface area contributed by atoms with Gasteiger partial charge in [0.2, 0.25) is 5.41 Å². The van der Waals surface area contributed by atoms with Crippen molar-refractivity contribution in [2.24, 2.45) is 5.41 Å². The summed E-state index contributed by atoms with van der Waals surface area (Å²) in [5.74, 6) is -3.83. The van der Waals surface area contributed by atoms with Gasteiger partial charge in [0.25, 0.3) is 0 Å². The van der Waals surface area contributed by atoms with E-state index in [0.717, 1.165) is 6.07 Å². The second kappa shape index (κ2) is 4.99. The second-order valence-electron chi connectivity index (χ2n) is 4.76. The van der Waals surface area contributed by atoms with E-state index in [1.807, 2.05) is 0 Å². The monoisotopic (exact) mass is 326 g/mol. The molecule has 0 fully saturated rings. The number of hydrogen-bond acceptors (Lipinski definition) is 3. The highest BCUT2D eigenvalue weighted by Crippen LogP contribution is 2.49. The fourth-order valence-electron chi connectivity index (χ4n) is 2.27. The Morgan fingerprint density at radius 2 is 1.73 bits per heavy atom. The maximum Gasteiger partial charge on any atom is 0.422 e. The molecule has 1 atom stereocenters. The minimum Gasteiger partial charge on any atom is -0.455 e. The lowest BCUT2D eigenvalue weighted by molar-refractivity contribution is -0.229. The number of fused-ring (bicyclic) bond motifs is 1. The molecule has 0 spiro atoms. The quantitative estimate of drug-likeness (QED) is 0.477. The molecule has 1 aromatic rings. The third-order valence-corrected chi connectivity index (χ3v) is 3.30. The molecule has 1 aliphatic rings.